The third-order valence-electron chi connectivity index (χ3n) is 5.37. The van der Waals surface area contributed by atoms with E-state index in [2.05, 4.69) is 36.2 Å². The van der Waals surface area contributed by atoms with Crippen LogP contribution in [0.2, 0.25) is 0 Å². The maximum atomic E-state index is 5.57. The summed E-state index contributed by atoms with van der Waals surface area (Å²) in [5.74, 6) is 1.48. The number of para-hydroxylation sites is 1. The first-order chi connectivity index (χ1) is 14.2. The van der Waals surface area contributed by atoms with Gasteiger partial charge >= 0.3 is 0 Å². The van der Waals surface area contributed by atoms with E-state index in [0.29, 0.717) is 0 Å². The molecule has 0 N–H and O–H groups in total. The molecule has 2 aromatic heterocycles. The van der Waals surface area contributed by atoms with Crippen LogP contribution in [0.5, 0.6) is 11.5 Å². The lowest BCUT2D eigenvalue weighted by atomic mass is 9.97. The molecule has 4 nitrogen and oxygen atoms in total. The number of rotatable bonds is 7. The first-order valence-electron chi connectivity index (χ1n) is 10.1. The molecule has 0 bridgehead atoms. The largest absolute Gasteiger partial charge is 0.493 e. The minimum atomic E-state index is 0. The fraction of sp³-hybridized carbons (Fsp3) is 0.308. The Kier molecular flexibility index (Phi) is 6.88. The van der Waals surface area contributed by atoms with E-state index in [-0.39, 0.29) is 7.43 Å². The predicted molar refractivity (Wildman–Crippen MR) is 125 cm³/mol. The number of hydrogen-bond acceptors (Lipinski definition) is 4. The average Bonchev–Trinajstić information content (AvgIpc) is 2.77. The summed E-state index contributed by atoms with van der Waals surface area (Å²) in [7, 11) is 3.35. The molecule has 0 amide bonds. The zero-order valence-corrected chi connectivity index (χ0v) is 17.2. The summed E-state index contributed by atoms with van der Waals surface area (Å²) in [4.78, 5) is 9.43. The summed E-state index contributed by atoms with van der Waals surface area (Å²) in [6, 6.07) is 14.6. The second-order valence-corrected chi connectivity index (χ2v) is 7.30. The number of pyridine rings is 2. The monoisotopic (exact) mass is 402 g/mol. The summed E-state index contributed by atoms with van der Waals surface area (Å²) in [6.45, 7) is 2.20. The fourth-order valence-electron chi connectivity index (χ4n) is 3.80. The molecule has 0 aliphatic carbocycles. The molecular formula is C26H30N2O2. The Labute approximate surface area is 178 Å². The van der Waals surface area contributed by atoms with E-state index >= 15 is 0 Å². The Morgan fingerprint density at radius 3 is 2.33 bits per heavy atom. The third-order valence-corrected chi connectivity index (χ3v) is 5.37. The number of aryl methyl sites for hydroxylation is 1. The number of benzene rings is 2. The molecule has 0 spiro atoms. The van der Waals surface area contributed by atoms with Gasteiger partial charge in [0.1, 0.15) is 0 Å². The first-order valence-corrected chi connectivity index (χ1v) is 10.1. The van der Waals surface area contributed by atoms with Crippen molar-refractivity contribution in [2.75, 3.05) is 14.2 Å². The molecule has 0 saturated carbocycles. The number of nitrogens with zero attached hydrogens (tertiary/aromatic N) is 2. The quantitative estimate of drug-likeness (QED) is 0.360. The summed E-state index contributed by atoms with van der Waals surface area (Å²) < 4.78 is 11.1. The van der Waals surface area contributed by atoms with Crippen molar-refractivity contribution in [2.24, 2.45) is 0 Å². The van der Waals surface area contributed by atoms with Gasteiger partial charge < -0.3 is 9.47 Å². The lowest BCUT2D eigenvalue weighted by Crippen LogP contribution is -2.00. The van der Waals surface area contributed by atoms with Crippen molar-refractivity contribution < 1.29 is 9.47 Å². The lowest BCUT2D eigenvalue weighted by Gasteiger charge is -2.15. The van der Waals surface area contributed by atoms with Gasteiger partial charge in [-0.1, -0.05) is 39.0 Å². The number of ether oxygens (including phenoxy) is 2. The maximum absolute atomic E-state index is 5.57. The van der Waals surface area contributed by atoms with Crippen molar-refractivity contribution in [1.82, 2.24) is 9.97 Å². The summed E-state index contributed by atoms with van der Waals surface area (Å²) in [5, 5.41) is 3.46. The van der Waals surface area contributed by atoms with Gasteiger partial charge in [-0.15, -0.1) is 0 Å². The van der Waals surface area contributed by atoms with Crippen LogP contribution in [-0.4, -0.2) is 24.2 Å². The molecule has 0 saturated heterocycles. The maximum Gasteiger partial charge on any atom is 0.161 e. The van der Waals surface area contributed by atoms with Crippen LogP contribution in [0.1, 0.15) is 44.0 Å². The molecule has 30 heavy (non-hydrogen) atoms. The van der Waals surface area contributed by atoms with Gasteiger partial charge in [0.15, 0.2) is 11.5 Å². The van der Waals surface area contributed by atoms with Crippen LogP contribution >= 0.6 is 0 Å². The van der Waals surface area contributed by atoms with E-state index in [1.54, 1.807) is 14.2 Å². The zero-order valence-electron chi connectivity index (χ0n) is 17.2. The molecule has 4 aromatic rings. The van der Waals surface area contributed by atoms with Crippen molar-refractivity contribution in [3.63, 3.8) is 0 Å². The van der Waals surface area contributed by atoms with E-state index in [0.717, 1.165) is 64.6 Å². The number of hydrogen-bond donors (Lipinski definition) is 0. The van der Waals surface area contributed by atoms with Gasteiger partial charge in [0, 0.05) is 35.3 Å². The summed E-state index contributed by atoms with van der Waals surface area (Å²) in [5.41, 5.74) is 4.46. The van der Waals surface area contributed by atoms with Crippen molar-refractivity contribution in [1.29, 1.82) is 0 Å². The van der Waals surface area contributed by atoms with E-state index in [1.807, 2.05) is 30.6 Å². The zero-order chi connectivity index (χ0) is 20.2. The van der Waals surface area contributed by atoms with E-state index in [4.69, 9.17) is 14.5 Å². The number of methoxy groups -OCH3 is 2. The number of unbranched alkanes of at least 4 members (excludes halogenated alkanes) is 1. The molecule has 0 radical (unpaired) electrons. The Hall–Kier alpha value is -3.14. The van der Waals surface area contributed by atoms with Gasteiger partial charge in [-0.2, -0.15) is 0 Å². The molecule has 156 valence electrons. The number of aromatic nitrogens is 2. The van der Waals surface area contributed by atoms with Gasteiger partial charge in [0.2, 0.25) is 0 Å². The Morgan fingerprint density at radius 1 is 0.867 bits per heavy atom. The van der Waals surface area contributed by atoms with Crippen LogP contribution in [0.4, 0.5) is 0 Å². The standard InChI is InChI=1S/C25H26N2O2.CH4/c1-4-5-9-23-21-14-25(29-3)24(28-2)13-20(21)19(16-27-23)12-17-11-18-8-6-7-10-22(18)26-15-17;/h6-8,10-11,13-16H,4-5,9,12H2,1-3H3;1H4. The van der Waals surface area contributed by atoms with Crippen molar-refractivity contribution in [3.05, 3.63) is 71.7 Å². The molecule has 2 aromatic carbocycles. The Bertz CT molecular complexity index is 1150. The average molecular weight is 403 g/mol. The lowest BCUT2D eigenvalue weighted by molar-refractivity contribution is 0.356. The van der Waals surface area contributed by atoms with Crippen LogP contribution in [0.3, 0.4) is 0 Å². The van der Waals surface area contributed by atoms with E-state index < -0.39 is 0 Å². The van der Waals surface area contributed by atoms with Gasteiger partial charge in [-0.05, 0) is 53.6 Å². The van der Waals surface area contributed by atoms with Crippen molar-refractivity contribution in [2.45, 2.75) is 40.0 Å². The Morgan fingerprint density at radius 2 is 1.60 bits per heavy atom. The normalized spacial score (nSPS) is 10.8. The van der Waals surface area contributed by atoms with E-state index in [9.17, 15) is 0 Å². The molecule has 0 fully saturated rings. The van der Waals surface area contributed by atoms with Crippen LogP contribution in [0, 0.1) is 0 Å². The van der Waals surface area contributed by atoms with Gasteiger partial charge in [-0.3, -0.25) is 9.97 Å². The molecule has 0 aliphatic heterocycles. The van der Waals surface area contributed by atoms with Crippen LogP contribution in [0.25, 0.3) is 21.7 Å². The van der Waals surface area contributed by atoms with Crippen LogP contribution in [-0.2, 0) is 12.8 Å². The third kappa shape index (κ3) is 4.23. The predicted octanol–water partition coefficient (Wildman–Crippen LogP) is 6.37. The van der Waals surface area contributed by atoms with Crippen LogP contribution in [0.15, 0.2) is 54.9 Å². The van der Waals surface area contributed by atoms with Gasteiger partial charge in [-0.25, -0.2) is 0 Å². The molecule has 0 atom stereocenters. The smallest absolute Gasteiger partial charge is 0.161 e. The highest BCUT2D eigenvalue weighted by molar-refractivity contribution is 5.91. The van der Waals surface area contributed by atoms with Gasteiger partial charge in [0.05, 0.1) is 19.7 Å². The minimum absolute atomic E-state index is 0. The second-order valence-electron chi connectivity index (χ2n) is 7.30. The molecule has 4 rings (SSSR count). The molecule has 2 heterocycles. The highest BCUT2D eigenvalue weighted by Gasteiger charge is 2.14. The van der Waals surface area contributed by atoms with Gasteiger partial charge in [0.25, 0.3) is 0 Å². The SMILES string of the molecule is C.CCCCc1ncc(Cc2cnc3ccccc3c2)c2cc(OC)c(OC)cc12. The minimum Gasteiger partial charge on any atom is -0.493 e. The first kappa shape index (κ1) is 21.6. The number of fused-ring (bicyclic) bond motifs is 2. The summed E-state index contributed by atoms with van der Waals surface area (Å²) >= 11 is 0. The Balaban J connectivity index is 0.00000256. The fourth-order valence-corrected chi connectivity index (χ4v) is 3.80. The van der Waals surface area contributed by atoms with Crippen molar-refractivity contribution >= 4 is 21.7 Å². The second kappa shape index (κ2) is 9.57. The summed E-state index contributed by atoms with van der Waals surface area (Å²) in [6.07, 6.45) is 7.95. The highest BCUT2D eigenvalue weighted by atomic mass is 16.5. The van der Waals surface area contributed by atoms with E-state index in [1.165, 1.54) is 11.1 Å². The molecule has 0 aliphatic rings. The molecule has 0 unspecified atom stereocenters. The molecule has 4 heteroatoms. The van der Waals surface area contributed by atoms with Crippen LogP contribution < -0.4 is 9.47 Å². The van der Waals surface area contributed by atoms with Crippen molar-refractivity contribution in [3.8, 4) is 11.5 Å². The topological polar surface area (TPSA) is 44.2 Å². The molecular weight excluding hydrogens is 372 g/mol. The highest BCUT2D eigenvalue weighted by Crippen LogP contribution is 2.35.